The van der Waals surface area contributed by atoms with E-state index < -0.39 is 0 Å². The van der Waals surface area contributed by atoms with Crippen molar-refractivity contribution in [2.24, 2.45) is 0 Å². The Morgan fingerprint density at radius 3 is 2.78 bits per heavy atom. The summed E-state index contributed by atoms with van der Waals surface area (Å²) in [5.74, 6) is 1.47. The van der Waals surface area contributed by atoms with E-state index in [-0.39, 0.29) is 0 Å². The highest BCUT2D eigenvalue weighted by Gasteiger charge is 2.10. The van der Waals surface area contributed by atoms with Crippen LogP contribution >= 0.6 is 0 Å². The number of rotatable bonds is 3. The summed E-state index contributed by atoms with van der Waals surface area (Å²) < 4.78 is 5.31. The molecule has 0 aliphatic heterocycles. The number of hydrogen-bond donors (Lipinski definition) is 0. The lowest BCUT2D eigenvalue weighted by Gasteiger charge is -2.20. The fourth-order valence-corrected chi connectivity index (χ4v) is 1.70. The molecular formula is C14H13N3O. The Balaban J connectivity index is 2.41. The topological polar surface area (TPSA) is 49.1 Å². The molecule has 0 spiro atoms. The molecular weight excluding hydrogens is 226 g/mol. The maximum absolute atomic E-state index is 8.89. The maximum atomic E-state index is 8.89. The third-order valence-corrected chi connectivity index (χ3v) is 2.66. The van der Waals surface area contributed by atoms with Crippen molar-refractivity contribution in [2.75, 3.05) is 19.1 Å². The molecule has 2 rings (SSSR count). The molecule has 2 aromatic rings. The van der Waals surface area contributed by atoms with Gasteiger partial charge in [0.15, 0.2) is 0 Å². The fourth-order valence-electron chi connectivity index (χ4n) is 1.70. The van der Waals surface area contributed by atoms with Crippen molar-refractivity contribution in [2.45, 2.75) is 0 Å². The second-order valence-electron chi connectivity index (χ2n) is 3.75. The first-order valence-electron chi connectivity index (χ1n) is 5.49. The van der Waals surface area contributed by atoms with E-state index in [2.05, 4.69) is 11.1 Å². The fraction of sp³-hybridized carbons (Fsp3) is 0.143. The van der Waals surface area contributed by atoms with Gasteiger partial charge in [0.25, 0.3) is 0 Å². The van der Waals surface area contributed by atoms with E-state index in [9.17, 15) is 0 Å². The summed E-state index contributed by atoms with van der Waals surface area (Å²) in [6, 6.07) is 13.2. The Hall–Kier alpha value is -2.54. The van der Waals surface area contributed by atoms with E-state index in [1.165, 1.54) is 0 Å². The second-order valence-corrected chi connectivity index (χ2v) is 3.75. The van der Waals surface area contributed by atoms with Crippen LogP contribution in [0.15, 0.2) is 42.6 Å². The van der Waals surface area contributed by atoms with Crippen LogP contribution in [0.1, 0.15) is 5.56 Å². The van der Waals surface area contributed by atoms with Crippen molar-refractivity contribution >= 4 is 11.5 Å². The number of anilines is 2. The van der Waals surface area contributed by atoms with Crippen molar-refractivity contribution in [3.05, 3.63) is 48.2 Å². The maximum Gasteiger partial charge on any atom is 0.142 e. The number of pyridine rings is 1. The Bertz CT molecular complexity index is 590. The first kappa shape index (κ1) is 11.9. The highest BCUT2D eigenvalue weighted by molar-refractivity contribution is 5.66. The molecule has 0 saturated carbocycles. The van der Waals surface area contributed by atoms with Crippen LogP contribution in [0.4, 0.5) is 11.5 Å². The molecule has 0 atom stereocenters. The molecule has 1 heterocycles. The lowest BCUT2D eigenvalue weighted by molar-refractivity contribution is 0.415. The quantitative estimate of drug-likeness (QED) is 0.826. The number of aromatic nitrogens is 1. The number of methoxy groups -OCH3 is 1. The van der Waals surface area contributed by atoms with Gasteiger partial charge < -0.3 is 9.64 Å². The van der Waals surface area contributed by atoms with E-state index in [0.717, 1.165) is 11.4 Å². The number of nitrogens with zero attached hydrogens (tertiary/aromatic N) is 3. The van der Waals surface area contributed by atoms with Crippen LogP contribution in [-0.2, 0) is 0 Å². The summed E-state index contributed by atoms with van der Waals surface area (Å²) in [4.78, 5) is 6.15. The van der Waals surface area contributed by atoms with Gasteiger partial charge in [-0.1, -0.05) is 12.1 Å². The highest BCUT2D eigenvalue weighted by atomic mass is 16.5. The van der Waals surface area contributed by atoms with Crippen LogP contribution in [-0.4, -0.2) is 19.1 Å². The molecule has 1 aromatic carbocycles. The number of nitriles is 1. The van der Waals surface area contributed by atoms with Crippen molar-refractivity contribution in [1.29, 1.82) is 5.26 Å². The third-order valence-electron chi connectivity index (χ3n) is 2.66. The molecule has 0 amide bonds. The van der Waals surface area contributed by atoms with Crippen LogP contribution in [0, 0.1) is 11.3 Å². The molecule has 0 bridgehead atoms. The Morgan fingerprint density at radius 1 is 1.28 bits per heavy atom. The first-order chi connectivity index (χ1) is 8.76. The molecule has 0 fully saturated rings. The molecule has 0 radical (unpaired) electrons. The summed E-state index contributed by atoms with van der Waals surface area (Å²) in [5.41, 5.74) is 1.49. The summed E-state index contributed by atoms with van der Waals surface area (Å²) >= 11 is 0. The van der Waals surface area contributed by atoms with Gasteiger partial charge in [0.05, 0.1) is 24.4 Å². The molecule has 0 N–H and O–H groups in total. The van der Waals surface area contributed by atoms with Crippen molar-refractivity contribution in [1.82, 2.24) is 4.98 Å². The van der Waals surface area contributed by atoms with Crippen molar-refractivity contribution in [3.63, 3.8) is 0 Å². The average molecular weight is 239 g/mol. The summed E-state index contributed by atoms with van der Waals surface area (Å²) in [5, 5.41) is 8.89. The second kappa shape index (κ2) is 5.19. The Morgan fingerprint density at radius 2 is 2.06 bits per heavy atom. The van der Waals surface area contributed by atoms with Crippen LogP contribution < -0.4 is 9.64 Å². The van der Waals surface area contributed by atoms with Gasteiger partial charge in [-0.15, -0.1) is 0 Å². The van der Waals surface area contributed by atoms with E-state index in [0.29, 0.717) is 11.4 Å². The number of para-hydroxylation sites is 2. The van der Waals surface area contributed by atoms with Gasteiger partial charge in [-0.3, -0.25) is 0 Å². The molecule has 4 heteroatoms. The van der Waals surface area contributed by atoms with Gasteiger partial charge in [-0.25, -0.2) is 4.98 Å². The zero-order valence-corrected chi connectivity index (χ0v) is 10.3. The van der Waals surface area contributed by atoms with Crippen LogP contribution in [0.3, 0.4) is 0 Å². The standard InChI is InChI=1S/C14H13N3O/c1-17(12-5-3-4-6-13(12)18-2)14-9-11(10-15)7-8-16-14/h3-9H,1-2H3. The molecule has 0 aliphatic rings. The van der Waals surface area contributed by atoms with Gasteiger partial charge in [-0.05, 0) is 24.3 Å². The summed E-state index contributed by atoms with van der Waals surface area (Å²) in [7, 11) is 3.52. The zero-order valence-electron chi connectivity index (χ0n) is 10.3. The third kappa shape index (κ3) is 2.25. The smallest absolute Gasteiger partial charge is 0.142 e. The molecule has 18 heavy (non-hydrogen) atoms. The van der Waals surface area contributed by atoms with Crippen LogP contribution in [0.25, 0.3) is 0 Å². The Kier molecular flexibility index (Phi) is 3.44. The summed E-state index contributed by atoms with van der Waals surface area (Å²) in [6.45, 7) is 0. The number of benzene rings is 1. The average Bonchev–Trinajstić information content (AvgIpc) is 2.46. The molecule has 0 saturated heterocycles. The van der Waals surface area contributed by atoms with Crippen LogP contribution in [0.5, 0.6) is 5.75 Å². The minimum absolute atomic E-state index is 0.585. The van der Waals surface area contributed by atoms with E-state index >= 15 is 0 Å². The molecule has 90 valence electrons. The highest BCUT2D eigenvalue weighted by Crippen LogP contribution is 2.31. The molecule has 0 unspecified atom stereocenters. The minimum atomic E-state index is 0.585. The predicted octanol–water partition coefficient (Wildman–Crippen LogP) is 2.73. The van der Waals surface area contributed by atoms with Crippen LogP contribution in [0.2, 0.25) is 0 Å². The van der Waals surface area contributed by atoms with Crippen molar-refractivity contribution < 1.29 is 4.74 Å². The van der Waals surface area contributed by atoms with Gasteiger partial charge in [0.2, 0.25) is 0 Å². The molecule has 1 aromatic heterocycles. The van der Waals surface area contributed by atoms with E-state index in [4.69, 9.17) is 10.00 Å². The SMILES string of the molecule is COc1ccccc1N(C)c1cc(C#N)ccn1. The van der Waals surface area contributed by atoms with Gasteiger partial charge in [0.1, 0.15) is 11.6 Å². The van der Waals surface area contributed by atoms with Gasteiger partial charge >= 0.3 is 0 Å². The lowest BCUT2D eigenvalue weighted by atomic mass is 10.2. The van der Waals surface area contributed by atoms with E-state index in [1.807, 2.05) is 36.2 Å². The van der Waals surface area contributed by atoms with Gasteiger partial charge in [-0.2, -0.15) is 5.26 Å². The zero-order chi connectivity index (χ0) is 13.0. The summed E-state index contributed by atoms with van der Waals surface area (Å²) in [6.07, 6.45) is 1.62. The monoisotopic (exact) mass is 239 g/mol. The number of hydrogen-bond acceptors (Lipinski definition) is 4. The molecule has 0 aliphatic carbocycles. The lowest BCUT2D eigenvalue weighted by Crippen LogP contribution is -2.12. The Labute approximate surface area is 106 Å². The van der Waals surface area contributed by atoms with Gasteiger partial charge in [0, 0.05) is 13.2 Å². The largest absolute Gasteiger partial charge is 0.495 e. The molecule has 4 nitrogen and oxygen atoms in total. The minimum Gasteiger partial charge on any atom is -0.495 e. The first-order valence-corrected chi connectivity index (χ1v) is 5.49. The normalized spacial score (nSPS) is 9.61. The van der Waals surface area contributed by atoms with E-state index in [1.54, 1.807) is 25.4 Å². The predicted molar refractivity (Wildman–Crippen MR) is 70.0 cm³/mol. The van der Waals surface area contributed by atoms with Crippen molar-refractivity contribution in [3.8, 4) is 11.8 Å². The number of ether oxygens (including phenoxy) is 1.